The normalized spacial score (nSPS) is 11.9. The van der Waals surface area contributed by atoms with Crippen molar-refractivity contribution in [2.24, 2.45) is 0 Å². The molecular weight excluding hydrogens is 308 g/mol. The van der Waals surface area contributed by atoms with Crippen LogP contribution in [0.25, 0.3) is 0 Å². The van der Waals surface area contributed by atoms with Gasteiger partial charge in [0.25, 0.3) is 5.91 Å². The van der Waals surface area contributed by atoms with Gasteiger partial charge in [0.2, 0.25) is 5.89 Å². The molecule has 0 aliphatic heterocycles. The molecule has 1 amide bonds. The van der Waals surface area contributed by atoms with Crippen LogP contribution in [-0.4, -0.2) is 26.1 Å². The third-order valence-electron chi connectivity index (χ3n) is 3.46. The highest BCUT2D eigenvalue weighted by atomic mass is 16.5. The summed E-state index contributed by atoms with van der Waals surface area (Å²) < 4.78 is 5.23. The number of aromatic nitrogens is 3. The summed E-state index contributed by atoms with van der Waals surface area (Å²) in [4.78, 5) is 20.2. The zero-order chi connectivity index (χ0) is 16.9. The monoisotopic (exact) mass is 324 g/mol. The van der Waals surface area contributed by atoms with Crippen LogP contribution in [0.4, 0.5) is 0 Å². The number of pyridine rings is 1. The zero-order valence-corrected chi connectivity index (χ0v) is 13.0. The fourth-order valence-electron chi connectivity index (χ4n) is 2.20. The Morgan fingerprint density at radius 2 is 2.08 bits per heavy atom. The fourth-order valence-corrected chi connectivity index (χ4v) is 2.20. The van der Waals surface area contributed by atoms with Crippen molar-refractivity contribution in [2.45, 2.75) is 19.4 Å². The molecule has 0 bridgehead atoms. The summed E-state index contributed by atoms with van der Waals surface area (Å²) in [6.07, 6.45) is 3.18. The SMILES string of the molecule is CC(NC(=O)c1ccncc1O)c1noc(Cc2ccccc2)n1. The Hall–Kier alpha value is -3.22. The summed E-state index contributed by atoms with van der Waals surface area (Å²) in [6, 6.07) is 10.7. The molecular formula is C17H16N4O3. The lowest BCUT2D eigenvalue weighted by molar-refractivity contribution is 0.0935. The highest BCUT2D eigenvalue weighted by Gasteiger charge is 2.18. The van der Waals surface area contributed by atoms with Gasteiger partial charge in [-0.3, -0.25) is 9.78 Å². The van der Waals surface area contributed by atoms with Crippen molar-refractivity contribution < 1.29 is 14.4 Å². The van der Waals surface area contributed by atoms with Gasteiger partial charge in [-0.25, -0.2) is 0 Å². The molecule has 1 atom stereocenters. The second kappa shape index (κ2) is 6.91. The number of carbonyl (C=O) groups excluding carboxylic acids is 1. The molecule has 0 aliphatic rings. The van der Waals surface area contributed by atoms with Crippen LogP contribution in [0.5, 0.6) is 5.75 Å². The van der Waals surface area contributed by atoms with Crippen molar-refractivity contribution in [1.82, 2.24) is 20.4 Å². The van der Waals surface area contributed by atoms with Gasteiger partial charge in [0.15, 0.2) is 5.82 Å². The van der Waals surface area contributed by atoms with Crippen LogP contribution in [0.15, 0.2) is 53.3 Å². The van der Waals surface area contributed by atoms with Crippen molar-refractivity contribution >= 4 is 5.91 Å². The molecule has 2 aromatic heterocycles. The number of hydrogen-bond acceptors (Lipinski definition) is 6. The Morgan fingerprint density at radius 1 is 1.29 bits per heavy atom. The minimum atomic E-state index is -0.460. The van der Waals surface area contributed by atoms with E-state index in [0.717, 1.165) is 5.56 Å². The minimum absolute atomic E-state index is 0.143. The molecule has 2 N–H and O–H groups in total. The van der Waals surface area contributed by atoms with Crippen LogP contribution < -0.4 is 5.32 Å². The van der Waals surface area contributed by atoms with Crippen molar-refractivity contribution in [1.29, 1.82) is 0 Å². The van der Waals surface area contributed by atoms with Crippen molar-refractivity contribution in [3.63, 3.8) is 0 Å². The number of amides is 1. The smallest absolute Gasteiger partial charge is 0.255 e. The number of aromatic hydroxyl groups is 1. The van der Waals surface area contributed by atoms with Gasteiger partial charge in [-0.1, -0.05) is 35.5 Å². The lowest BCUT2D eigenvalue weighted by atomic mass is 10.1. The van der Waals surface area contributed by atoms with Gasteiger partial charge in [-0.2, -0.15) is 4.98 Å². The number of nitrogens with one attached hydrogen (secondary N) is 1. The molecule has 0 saturated carbocycles. The van der Waals surface area contributed by atoms with Gasteiger partial charge < -0.3 is 14.9 Å². The van der Waals surface area contributed by atoms with E-state index < -0.39 is 11.9 Å². The van der Waals surface area contributed by atoms with Crippen molar-refractivity contribution in [3.05, 3.63) is 71.6 Å². The molecule has 7 nitrogen and oxygen atoms in total. The maximum atomic E-state index is 12.2. The third-order valence-corrected chi connectivity index (χ3v) is 3.46. The molecule has 0 radical (unpaired) electrons. The van der Waals surface area contributed by atoms with E-state index in [-0.39, 0.29) is 11.3 Å². The molecule has 0 spiro atoms. The summed E-state index contributed by atoms with van der Waals surface area (Å²) >= 11 is 0. The number of nitrogens with zero attached hydrogens (tertiary/aromatic N) is 3. The molecule has 0 fully saturated rings. The van der Waals surface area contributed by atoms with Crippen LogP contribution in [0.2, 0.25) is 0 Å². The molecule has 122 valence electrons. The predicted molar refractivity (Wildman–Crippen MR) is 85.3 cm³/mol. The van der Waals surface area contributed by atoms with Gasteiger partial charge in [0, 0.05) is 6.20 Å². The molecule has 7 heteroatoms. The molecule has 1 aromatic carbocycles. The van der Waals surface area contributed by atoms with Gasteiger partial charge in [-0.05, 0) is 18.6 Å². The average Bonchev–Trinajstić information content (AvgIpc) is 3.04. The summed E-state index contributed by atoms with van der Waals surface area (Å²) in [5.74, 6) is 0.240. The second-order valence-electron chi connectivity index (χ2n) is 5.30. The molecule has 2 heterocycles. The first kappa shape index (κ1) is 15.7. The van der Waals surface area contributed by atoms with Gasteiger partial charge in [-0.15, -0.1) is 0 Å². The van der Waals surface area contributed by atoms with Crippen LogP contribution in [0.3, 0.4) is 0 Å². The van der Waals surface area contributed by atoms with Gasteiger partial charge in [0.1, 0.15) is 5.75 Å². The zero-order valence-electron chi connectivity index (χ0n) is 13.0. The number of rotatable bonds is 5. The molecule has 0 aliphatic carbocycles. The summed E-state index contributed by atoms with van der Waals surface area (Å²) in [5.41, 5.74) is 1.20. The first-order valence-corrected chi connectivity index (χ1v) is 7.43. The maximum absolute atomic E-state index is 12.2. The van der Waals surface area contributed by atoms with Crippen molar-refractivity contribution in [3.8, 4) is 5.75 Å². The van der Waals surface area contributed by atoms with E-state index in [4.69, 9.17) is 4.52 Å². The molecule has 3 rings (SSSR count). The minimum Gasteiger partial charge on any atom is -0.505 e. The number of carbonyl (C=O) groups is 1. The highest BCUT2D eigenvalue weighted by molar-refractivity contribution is 5.96. The topological polar surface area (TPSA) is 101 Å². The molecule has 1 unspecified atom stereocenters. The fraction of sp³-hybridized carbons (Fsp3) is 0.176. The predicted octanol–water partition coefficient (Wildman–Crippen LogP) is 2.25. The van der Waals surface area contributed by atoms with Crippen molar-refractivity contribution in [2.75, 3.05) is 0 Å². The quantitative estimate of drug-likeness (QED) is 0.746. The van der Waals surface area contributed by atoms with Crippen LogP contribution in [-0.2, 0) is 6.42 Å². The van der Waals surface area contributed by atoms with Crippen LogP contribution >= 0.6 is 0 Å². The van der Waals surface area contributed by atoms with E-state index in [1.807, 2.05) is 30.3 Å². The lowest BCUT2D eigenvalue weighted by Gasteiger charge is -2.10. The third kappa shape index (κ3) is 3.57. The van der Waals surface area contributed by atoms with Gasteiger partial charge in [0.05, 0.1) is 24.2 Å². The Morgan fingerprint density at radius 3 is 2.83 bits per heavy atom. The first-order chi connectivity index (χ1) is 11.6. The summed E-state index contributed by atoms with van der Waals surface area (Å²) in [7, 11) is 0. The second-order valence-corrected chi connectivity index (χ2v) is 5.30. The Kier molecular flexibility index (Phi) is 4.51. The van der Waals surface area contributed by atoms with E-state index in [9.17, 15) is 9.90 Å². The Balaban J connectivity index is 1.66. The average molecular weight is 324 g/mol. The van der Waals surface area contributed by atoms with Crippen LogP contribution in [0, 0.1) is 0 Å². The first-order valence-electron chi connectivity index (χ1n) is 7.43. The van der Waals surface area contributed by atoms with E-state index in [1.54, 1.807) is 6.92 Å². The Bertz CT molecular complexity index is 833. The van der Waals surface area contributed by atoms with E-state index in [2.05, 4.69) is 20.4 Å². The lowest BCUT2D eigenvalue weighted by Crippen LogP contribution is -2.27. The van der Waals surface area contributed by atoms with Crippen LogP contribution in [0.1, 0.15) is 40.6 Å². The summed E-state index contributed by atoms with van der Waals surface area (Å²) in [6.45, 7) is 1.74. The largest absolute Gasteiger partial charge is 0.505 e. The molecule has 3 aromatic rings. The highest BCUT2D eigenvalue weighted by Crippen LogP contribution is 2.16. The maximum Gasteiger partial charge on any atom is 0.255 e. The van der Waals surface area contributed by atoms with Gasteiger partial charge >= 0.3 is 0 Å². The Labute approximate surface area is 138 Å². The van der Waals surface area contributed by atoms with E-state index in [0.29, 0.717) is 18.1 Å². The molecule has 24 heavy (non-hydrogen) atoms. The van der Waals surface area contributed by atoms with E-state index in [1.165, 1.54) is 18.5 Å². The standard InChI is InChI=1S/C17H16N4O3/c1-11(19-17(23)13-7-8-18-10-14(13)22)16-20-15(24-21-16)9-12-5-3-2-4-6-12/h2-8,10-11,22H,9H2,1H3,(H,19,23). The number of hydrogen-bond donors (Lipinski definition) is 2. The number of benzene rings is 1. The summed E-state index contributed by atoms with van der Waals surface area (Å²) in [5, 5.41) is 16.3. The van der Waals surface area contributed by atoms with E-state index >= 15 is 0 Å². The molecule has 0 saturated heterocycles.